The molecule has 0 radical (unpaired) electrons. The summed E-state index contributed by atoms with van der Waals surface area (Å²) in [6.45, 7) is 10.7. The summed E-state index contributed by atoms with van der Waals surface area (Å²) in [6.07, 6.45) is 6.75. The third-order valence-electron chi connectivity index (χ3n) is 4.93. The lowest BCUT2D eigenvalue weighted by Gasteiger charge is -2.34. The predicted octanol–water partition coefficient (Wildman–Crippen LogP) is 2.82. The minimum atomic E-state index is -0.437. The molecule has 1 aliphatic carbocycles. The fourth-order valence-electron chi connectivity index (χ4n) is 3.69. The Morgan fingerprint density at radius 1 is 1.33 bits per heavy atom. The molecule has 4 heteroatoms. The van der Waals surface area contributed by atoms with E-state index >= 15 is 0 Å². The highest BCUT2D eigenvalue weighted by molar-refractivity contribution is 5.81. The van der Waals surface area contributed by atoms with Crippen LogP contribution in [0.15, 0.2) is 0 Å². The summed E-state index contributed by atoms with van der Waals surface area (Å²) in [5.74, 6) is 0.337. The van der Waals surface area contributed by atoms with Gasteiger partial charge in [0.2, 0.25) is 0 Å². The summed E-state index contributed by atoms with van der Waals surface area (Å²) in [5.41, 5.74) is -0.437. The first-order valence-corrected chi connectivity index (χ1v) is 8.70. The molecule has 1 aliphatic rings. The van der Waals surface area contributed by atoms with Gasteiger partial charge < -0.3 is 15.0 Å². The van der Waals surface area contributed by atoms with Crippen molar-refractivity contribution >= 4 is 5.97 Å². The van der Waals surface area contributed by atoms with E-state index in [4.69, 9.17) is 4.74 Å². The second-order valence-corrected chi connectivity index (χ2v) is 6.16. The van der Waals surface area contributed by atoms with E-state index < -0.39 is 5.54 Å². The Balaban J connectivity index is 2.64. The number of ether oxygens (including phenoxy) is 1. The Labute approximate surface area is 130 Å². The molecule has 0 bridgehead atoms. The zero-order chi connectivity index (χ0) is 15.7. The number of nitrogens with one attached hydrogen (secondary N) is 1. The van der Waals surface area contributed by atoms with E-state index in [0.717, 1.165) is 45.3 Å². The number of hydrogen-bond donors (Lipinski definition) is 1. The van der Waals surface area contributed by atoms with E-state index in [9.17, 15) is 4.79 Å². The van der Waals surface area contributed by atoms with Crippen molar-refractivity contribution in [3.63, 3.8) is 0 Å². The summed E-state index contributed by atoms with van der Waals surface area (Å²) < 4.78 is 5.10. The highest BCUT2D eigenvalue weighted by Gasteiger charge is 2.48. The standard InChI is InChI=1S/C17H34N2O2/c1-5-8-13-19(7-3)14-11-15-10-9-12-17(15,18-6-2)16(20)21-4/h15,18H,5-14H2,1-4H3. The van der Waals surface area contributed by atoms with Crippen molar-refractivity contribution in [1.29, 1.82) is 0 Å². The van der Waals surface area contributed by atoms with Gasteiger partial charge in [0.25, 0.3) is 0 Å². The number of nitrogens with zero attached hydrogens (tertiary/aromatic N) is 1. The molecule has 0 aromatic carbocycles. The van der Waals surface area contributed by atoms with Crippen LogP contribution in [0.25, 0.3) is 0 Å². The minimum absolute atomic E-state index is 0.0662. The van der Waals surface area contributed by atoms with Crippen LogP contribution in [0.3, 0.4) is 0 Å². The van der Waals surface area contributed by atoms with Gasteiger partial charge in [0, 0.05) is 0 Å². The Morgan fingerprint density at radius 2 is 2.10 bits per heavy atom. The average molecular weight is 298 g/mol. The van der Waals surface area contributed by atoms with Crippen LogP contribution in [0, 0.1) is 5.92 Å². The Morgan fingerprint density at radius 3 is 2.67 bits per heavy atom. The summed E-state index contributed by atoms with van der Waals surface area (Å²) in [5, 5.41) is 3.45. The van der Waals surface area contributed by atoms with Crippen LogP contribution in [0.1, 0.15) is 59.3 Å². The lowest BCUT2D eigenvalue weighted by molar-refractivity contribution is -0.150. The van der Waals surface area contributed by atoms with Crippen molar-refractivity contribution in [2.45, 2.75) is 64.8 Å². The maximum absolute atomic E-state index is 12.3. The first kappa shape index (κ1) is 18.4. The molecule has 4 nitrogen and oxygen atoms in total. The molecule has 2 atom stereocenters. The average Bonchev–Trinajstić information content (AvgIpc) is 2.91. The van der Waals surface area contributed by atoms with E-state index in [1.807, 2.05) is 0 Å². The quantitative estimate of drug-likeness (QED) is 0.630. The normalized spacial score (nSPS) is 25.5. The van der Waals surface area contributed by atoms with Crippen LogP contribution >= 0.6 is 0 Å². The van der Waals surface area contributed by atoms with E-state index in [0.29, 0.717) is 5.92 Å². The molecule has 2 unspecified atom stereocenters. The highest BCUT2D eigenvalue weighted by Crippen LogP contribution is 2.39. The summed E-state index contributed by atoms with van der Waals surface area (Å²) in [7, 11) is 1.51. The third kappa shape index (κ3) is 4.68. The van der Waals surface area contributed by atoms with Gasteiger partial charge in [-0.3, -0.25) is 4.79 Å². The summed E-state index contributed by atoms with van der Waals surface area (Å²) in [6, 6.07) is 0. The molecular weight excluding hydrogens is 264 g/mol. The van der Waals surface area contributed by atoms with Crippen LogP contribution in [-0.2, 0) is 9.53 Å². The van der Waals surface area contributed by atoms with Gasteiger partial charge >= 0.3 is 5.97 Å². The molecule has 21 heavy (non-hydrogen) atoms. The molecule has 1 N–H and O–H groups in total. The van der Waals surface area contributed by atoms with Crippen molar-refractivity contribution in [1.82, 2.24) is 10.2 Å². The van der Waals surface area contributed by atoms with E-state index in [-0.39, 0.29) is 5.97 Å². The van der Waals surface area contributed by atoms with Gasteiger partial charge in [0.1, 0.15) is 5.54 Å². The summed E-state index contributed by atoms with van der Waals surface area (Å²) in [4.78, 5) is 14.8. The van der Waals surface area contributed by atoms with Crippen LogP contribution in [-0.4, -0.2) is 49.7 Å². The SMILES string of the molecule is CCCCN(CC)CCC1CCCC1(NCC)C(=O)OC. The van der Waals surface area contributed by atoms with Crippen molar-refractivity contribution in [2.24, 2.45) is 5.92 Å². The molecule has 0 aromatic heterocycles. The molecule has 124 valence electrons. The second-order valence-electron chi connectivity index (χ2n) is 6.16. The fraction of sp³-hybridized carbons (Fsp3) is 0.941. The molecule has 0 aliphatic heterocycles. The first-order chi connectivity index (χ1) is 10.1. The maximum atomic E-state index is 12.3. The van der Waals surface area contributed by atoms with Gasteiger partial charge in [-0.25, -0.2) is 0 Å². The van der Waals surface area contributed by atoms with Crippen molar-refractivity contribution in [2.75, 3.05) is 33.3 Å². The lowest BCUT2D eigenvalue weighted by Crippen LogP contribution is -2.55. The molecule has 0 heterocycles. The molecule has 0 saturated heterocycles. The van der Waals surface area contributed by atoms with Gasteiger partial charge in [-0.1, -0.05) is 33.6 Å². The Kier molecular flexibility index (Phi) is 8.27. The largest absolute Gasteiger partial charge is 0.468 e. The van der Waals surface area contributed by atoms with Crippen molar-refractivity contribution < 1.29 is 9.53 Å². The van der Waals surface area contributed by atoms with Crippen molar-refractivity contribution in [3.8, 4) is 0 Å². The number of methoxy groups -OCH3 is 1. The van der Waals surface area contributed by atoms with E-state index in [2.05, 4.69) is 31.0 Å². The number of hydrogen-bond acceptors (Lipinski definition) is 4. The van der Waals surface area contributed by atoms with Gasteiger partial charge in [-0.2, -0.15) is 0 Å². The van der Waals surface area contributed by atoms with Gasteiger partial charge in [0.15, 0.2) is 0 Å². The Bertz CT molecular complexity index is 309. The number of esters is 1. The zero-order valence-corrected chi connectivity index (χ0v) is 14.4. The van der Waals surface area contributed by atoms with Crippen LogP contribution < -0.4 is 5.32 Å². The topological polar surface area (TPSA) is 41.6 Å². The number of carbonyl (C=O) groups excluding carboxylic acids is 1. The van der Waals surface area contributed by atoms with Crippen LogP contribution in [0.5, 0.6) is 0 Å². The van der Waals surface area contributed by atoms with E-state index in [1.165, 1.54) is 26.5 Å². The lowest BCUT2D eigenvalue weighted by atomic mass is 9.84. The van der Waals surface area contributed by atoms with Gasteiger partial charge in [-0.15, -0.1) is 0 Å². The van der Waals surface area contributed by atoms with E-state index in [1.54, 1.807) is 0 Å². The molecule has 0 amide bonds. The number of carbonyl (C=O) groups is 1. The highest BCUT2D eigenvalue weighted by atomic mass is 16.5. The second kappa shape index (κ2) is 9.42. The molecule has 0 spiro atoms. The maximum Gasteiger partial charge on any atom is 0.326 e. The van der Waals surface area contributed by atoms with Crippen LogP contribution in [0.2, 0.25) is 0 Å². The molecular formula is C17H34N2O2. The van der Waals surface area contributed by atoms with Crippen molar-refractivity contribution in [3.05, 3.63) is 0 Å². The molecule has 1 rings (SSSR count). The molecule has 1 fully saturated rings. The van der Waals surface area contributed by atoms with Gasteiger partial charge in [0.05, 0.1) is 7.11 Å². The summed E-state index contributed by atoms with van der Waals surface area (Å²) >= 11 is 0. The zero-order valence-electron chi connectivity index (χ0n) is 14.4. The monoisotopic (exact) mass is 298 g/mol. The number of rotatable bonds is 10. The number of likely N-dealkylation sites (N-methyl/N-ethyl adjacent to an activating group) is 1. The fourth-order valence-corrected chi connectivity index (χ4v) is 3.69. The minimum Gasteiger partial charge on any atom is -0.468 e. The first-order valence-electron chi connectivity index (χ1n) is 8.70. The Hall–Kier alpha value is -0.610. The molecule has 1 saturated carbocycles. The van der Waals surface area contributed by atoms with Crippen LogP contribution in [0.4, 0.5) is 0 Å². The number of unbranched alkanes of at least 4 members (excludes halogenated alkanes) is 1. The predicted molar refractivity (Wildman–Crippen MR) is 87.4 cm³/mol. The molecule has 0 aromatic rings. The third-order valence-corrected chi connectivity index (χ3v) is 4.93. The smallest absolute Gasteiger partial charge is 0.326 e. The van der Waals surface area contributed by atoms with Gasteiger partial charge in [-0.05, 0) is 57.8 Å².